The van der Waals surface area contributed by atoms with E-state index in [9.17, 15) is 4.79 Å². The molecule has 0 radical (unpaired) electrons. The van der Waals surface area contributed by atoms with Gasteiger partial charge in [-0.1, -0.05) is 26.2 Å². The van der Waals surface area contributed by atoms with Crippen LogP contribution in [0.2, 0.25) is 0 Å². The Morgan fingerprint density at radius 3 is 2.80 bits per heavy atom. The van der Waals surface area contributed by atoms with Gasteiger partial charge in [0, 0.05) is 12.5 Å². The molecule has 1 saturated carbocycles. The topological polar surface area (TPSA) is 64.4 Å². The lowest BCUT2D eigenvalue weighted by molar-refractivity contribution is -0.138. The molecule has 1 rings (SSSR count). The molecule has 0 aromatic rings. The summed E-state index contributed by atoms with van der Waals surface area (Å²) >= 11 is 0. The second kappa shape index (κ2) is 6.80. The highest BCUT2D eigenvalue weighted by molar-refractivity contribution is 5.75. The Balaban J connectivity index is 2.07. The van der Waals surface area contributed by atoms with Crippen LogP contribution in [0.4, 0.5) is 0 Å². The zero-order valence-corrected chi connectivity index (χ0v) is 9.50. The fourth-order valence-corrected chi connectivity index (χ4v) is 1.91. The summed E-state index contributed by atoms with van der Waals surface area (Å²) in [5, 5.41) is 0. The molecule has 1 unspecified atom stereocenters. The molecule has 1 fully saturated rings. The molecule has 15 heavy (non-hydrogen) atoms. The maximum atomic E-state index is 11.4. The van der Waals surface area contributed by atoms with E-state index >= 15 is 0 Å². The number of amides is 1. The van der Waals surface area contributed by atoms with Crippen LogP contribution < -0.4 is 11.2 Å². The molecule has 4 heteroatoms. The third-order valence-electron chi connectivity index (χ3n) is 2.75. The number of nitrogens with one attached hydrogen (secondary N) is 1. The van der Waals surface area contributed by atoms with Crippen molar-refractivity contribution in [1.82, 2.24) is 5.48 Å². The smallest absolute Gasteiger partial charge is 0.245 e. The zero-order chi connectivity index (χ0) is 11.1. The zero-order valence-electron chi connectivity index (χ0n) is 9.50. The highest BCUT2D eigenvalue weighted by Crippen LogP contribution is 2.19. The van der Waals surface area contributed by atoms with Crippen LogP contribution in [0.5, 0.6) is 0 Å². The summed E-state index contributed by atoms with van der Waals surface area (Å²) in [6.45, 7) is 2.06. The number of rotatable bonds is 6. The fraction of sp³-hybridized carbons (Fsp3) is 0.909. The molecular formula is C11H22N2O2. The van der Waals surface area contributed by atoms with Gasteiger partial charge in [0.1, 0.15) is 0 Å². The first-order valence-electron chi connectivity index (χ1n) is 5.92. The van der Waals surface area contributed by atoms with Gasteiger partial charge in [0.15, 0.2) is 0 Å². The van der Waals surface area contributed by atoms with Crippen molar-refractivity contribution in [3.63, 3.8) is 0 Å². The van der Waals surface area contributed by atoms with Gasteiger partial charge < -0.3 is 5.73 Å². The molecule has 88 valence electrons. The van der Waals surface area contributed by atoms with Crippen molar-refractivity contribution in [1.29, 1.82) is 0 Å². The number of hydroxylamine groups is 1. The lowest BCUT2D eigenvalue weighted by Gasteiger charge is -2.13. The predicted octanol–water partition coefficient (Wildman–Crippen LogP) is 1.49. The molecule has 0 aromatic carbocycles. The first-order valence-corrected chi connectivity index (χ1v) is 5.92. The Bertz CT molecular complexity index is 191. The lowest BCUT2D eigenvalue weighted by Crippen LogP contribution is -2.33. The quantitative estimate of drug-likeness (QED) is 0.658. The van der Waals surface area contributed by atoms with Crippen LogP contribution in [0.3, 0.4) is 0 Å². The Kier molecular flexibility index (Phi) is 5.65. The highest BCUT2D eigenvalue weighted by Gasteiger charge is 2.17. The van der Waals surface area contributed by atoms with Crippen LogP contribution >= 0.6 is 0 Å². The summed E-state index contributed by atoms with van der Waals surface area (Å²) in [5.74, 6) is -0.0946. The van der Waals surface area contributed by atoms with Gasteiger partial charge in [0.2, 0.25) is 5.91 Å². The van der Waals surface area contributed by atoms with Crippen molar-refractivity contribution in [2.24, 2.45) is 5.73 Å². The Morgan fingerprint density at radius 2 is 2.20 bits per heavy atom. The molecule has 0 heterocycles. The van der Waals surface area contributed by atoms with E-state index in [1.54, 1.807) is 0 Å². The van der Waals surface area contributed by atoms with Gasteiger partial charge >= 0.3 is 0 Å². The van der Waals surface area contributed by atoms with E-state index in [2.05, 4.69) is 12.4 Å². The second-order valence-electron chi connectivity index (χ2n) is 4.30. The molecule has 1 amide bonds. The SMILES string of the molecule is CCCC(N)CC(=O)NOC1CCCC1. The van der Waals surface area contributed by atoms with Crippen molar-refractivity contribution < 1.29 is 9.63 Å². The average Bonchev–Trinajstić information content (AvgIpc) is 2.67. The Labute approximate surface area is 91.5 Å². The lowest BCUT2D eigenvalue weighted by atomic mass is 10.1. The van der Waals surface area contributed by atoms with Crippen molar-refractivity contribution in [3.05, 3.63) is 0 Å². The summed E-state index contributed by atoms with van der Waals surface area (Å²) < 4.78 is 0. The van der Waals surface area contributed by atoms with Crippen molar-refractivity contribution >= 4 is 5.91 Å². The van der Waals surface area contributed by atoms with Gasteiger partial charge in [-0.25, -0.2) is 5.48 Å². The van der Waals surface area contributed by atoms with E-state index in [4.69, 9.17) is 10.6 Å². The molecule has 0 aliphatic heterocycles. The first-order chi connectivity index (χ1) is 7.22. The van der Waals surface area contributed by atoms with Crippen LogP contribution in [-0.4, -0.2) is 18.1 Å². The van der Waals surface area contributed by atoms with E-state index < -0.39 is 0 Å². The van der Waals surface area contributed by atoms with Gasteiger partial charge in [-0.3, -0.25) is 9.63 Å². The van der Waals surface area contributed by atoms with E-state index in [1.165, 1.54) is 12.8 Å². The largest absolute Gasteiger partial charge is 0.327 e. The first kappa shape index (κ1) is 12.5. The van der Waals surface area contributed by atoms with Crippen LogP contribution in [0, 0.1) is 0 Å². The summed E-state index contributed by atoms with van der Waals surface area (Å²) in [6, 6.07) is -0.0396. The molecule has 0 bridgehead atoms. The minimum Gasteiger partial charge on any atom is -0.327 e. The number of hydrogen-bond acceptors (Lipinski definition) is 3. The number of hydrogen-bond donors (Lipinski definition) is 2. The van der Waals surface area contributed by atoms with E-state index in [-0.39, 0.29) is 18.1 Å². The average molecular weight is 214 g/mol. The molecule has 1 aliphatic carbocycles. The van der Waals surface area contributed by atoms with Crippen molar-refractivity contribution in [2.75, 3.05) is 0 Å². The second-order valence-corrected chi connectivity index (χ2v) is 4.30. The maximum absolute atomic E-state index is 11.4. The third-order valence-corrected chi connectivity index (χ3v) is 2.75. The van der Waals surface area contributed by atoms with Gasteiger partial charge in [0.05, 0.1) is 6.10 Å². The summed E-state index contributed by atoms with van der Waals surface area (Å²) in [7, 11) is 0. The van der Waals surface area contributed by atoms with E-state index in [1.807, 2.05) is 0 Å². The predicted molar refractivity (Wildman–Crippen MR) is 59.0 cm³/mol. The number of nitrogens with two attached hydrogens (primary N) is 1. The molecule has 1 aliphatic rings. The number of carbonyl (C=O) groups is 1. The fourth-order valence-electron chi connectivity index (χ4n) is 1.91. The van der Waals surface area contributed by atoms with Crippen molar-refractivity contribution in [2.45, 2.75) is 64.0 Å². The van der Waals surface area contributed by atoms with Crippen molar-refractivity contribution in [3.8, 4) is 0 Å². The van der Waals surface area contributed by atoms with Gasteiger partial charge in [-0.2, -0.15) is 0 Å². The van der Waals surface area contributed by atoms with Crippen LogP contribution in [0.15, 0.2) is 0 Å². The van der Waals surface area contributed by atoms with Gasteiger partial charge in [-0.05, 0) is 19.3 Å². The monoisotopic (exact) mass is 214 g/mol. The normalized spacial score (nSPS) is 19.1. The summed E-state index contributed by atoms with van der Waals surface area (Å²) in [5.41, 5.74) is 8.25. The standard InChI is InChI=1S/C11H22N2O2/c1-2-5-9(12)8-11(14)13-15-10-6-3-4-7-10/h9-10H,2-8,12H2,1H3,(H,13,14). The molecule has 0 saturated heterocycles. The molecular weight excluding hydrogens is 192 g/mol. The van der Waals surface area contributed by atoms with E-state index in [0.717, 1.165) is 25.7 Å². The molecule has 0 spiro atoms. The van der Waals surface area contributed by atoms with E-state index in [0.29, 0.717) is 6.42 Å². The number of carbonyl (C=O) groups excluding carboxylic acids is 1. The third kappa shape index (κ3) is 5.14. The van der Waals surface area contributed by atoms with Crippen LogP contribution in [0.25, 0.3) is 0 Å². The van der Waals surface area contributed by atoms with Crippen LogP contribution in [0.1, 0.15) is 51.9 Å². The summed E-state index contributed by atoms with van der Waals surface area (Å²) in [6.07, 6.45) is 7.00. The minimum absolute atomic E-state index is 0.0396. The minimum atomic E-state index is -0.0946. The molecule has 4 nitrogen and oxygen atoms in total. The Morgan fingerprint density at radius 1 is 1.53 bits per heavy atom. The molecule has 0 aromatic heterocycles. The highest BCUT2D eigenvalue weighted by atomic mass is 16.7. The van der Waals surface area contributed by atoms with Gasteiger partial charge in [-0.15, -0.1) is 0 Å². The molecule has 1 atom stereocenters. The van der Waals surface area contributed by atoms with Gasteiger partial charge in [0.25, 0.3) is 0 Å². The summed E-state index contributed by atoms with van der Waals surface area (Å²) in [4.78, 5) is 16.7. The maximum Gasteiger partial charge on any atom is 0.245 e. The Hall–Kier alpha value is -0.610. The molecule has 3 N–H and O–H groups in total. The van der Waals surface area contributed by atoms with Crippen LogP contribution in [-0.2, 0) is 9.63 Å².